The molecule has 2 aromatic carbocycles. The molecule has 10 heteroatoms. The minimum Gasteiger partial charge on any atom is -0.478 e. The van der Waals surface area contributed by atoms with Gasteiger partial charge in [0.05, 0.1) is 28.2 Å². The average molecular weight is 558 g/mol. The largest absolute Gasteiger partial charge is 0.478 e. The first-order valence-electron chi connectivity index (χ1n) is 12.6. The lowest BCUT2D eigenvalue weighted by atomic mass is 9.83. The average Bonchev–Trinajstić information content (AvgIpc) is 2.97. The van der Waals surface area contributed by atoms with Gasteiger partial charge in [0.2, 0.25) is 10.0 Å². The Morgan fingerprint density at radius 1 is 1.11 bits per heavy atom. The van der Waals surface area contributed by atoms with E-state index in [0.717, 1.165) is 49.4 Å². The summed E-state index contributed by atoms with van der Waals surface area (Å²) in [6.45, 7) is 2.37. The molecule has 1 saturated carbocycles. The molecule has 1 N–H and O–H groups in total. The Hall–Kier alpha value is -3.01. The molecule has 1 aliphatic carbocycles. The molecule has 38 heavy (non-hydrogen) atoms. The maximum Gasteiger partial charge on any atom is 0.338 e. The highest BCUT2D eigenvalue weighted by Crippen LogP contribution is 2.44. The Balaban J connectivity index is 1.72. The van der Waals surface area contributed by atoms with E-state index in [1.165, 1.54) is 22.5 Å². The third-order valence-corrected chi connectivity index (χ3v) is 9.93. The first-order chi connectivity index (χ1) is 18.1. The lowest BCUT2D eigenvalue weighted by molar-refractivity contribution is 0.0692. The van der Waals surface area contributed by atoms with Crippen molar-refractivity contribution in [1.29, 1.82) is 0 Å². The van der Waals surface area contributed by atoms with Crippen LogP contribution in [0.3, 0.4) is 0 Å². The standard InChI is InChI=1S/C28H29ClFN3O4S/c1-17-10-20(15-31-14-17)33-16-26(18-6-4-3-5-7-18)32(2)38(36,37)27-12-21(23(29)13-25(27)33)19-8-9-24(30)22(11-19)28(34)35/h8-15,18,26H,3-7,16H2,1-2H3,(H,34,35)/t26-/m0/s1. The first kappa shape index (κ1) is 26.6. The van der Waals surface area contributed by atoms with E-state index in [1.54, 1.807) is 25.5 Å². The number of rotatable bonds is 4. The number of fused-ring (bicyclic) bond motifs is 1. The summed E-state index contributed by atoms with van der Waals surface area (Å²) in [6.07, 6.45) is 8.67. The normalized spacial score (nSPS) is 20.1. The molecule has 0 bridgehead atoms. The highest BCUT2D eigenvalue weighted by Gasteiger charge is 2.41. The van der Waals surface area contributed by atoms with Crippen molar-refractivity contribution in [3.63, 3.8) is 0 Å². The molecule has 1 aliphatic heterocycles. The van der Waals surface area contributed by atoms with Gasteiger partial charge in [-0.15, -0.1) is 0 Å². The molecule has 0 amide bonds. The van der Waals surface area contributed by atoms with Gasteiger partial charge in [0.1, 0.15) is 10.7 Å². The van der Waals surface area contributed by atoms with Crippen molar-refractivity contribution in [3.05, 3.63) is 70.8 Å². The number of nitrogens with zero attached hydrogens (tertiary/aromatic N) is 3. The van der Waals surface area contributed by atoms with E-state index in [0.29, 0.717) is 23.4 Å². The van der Waals surface area contributed by atoms with Crippen LogP contribution in [0.1, 0.15) is 48.0 Å². The Morgan fingerprint density at radius 2 is 1.84 bits per heavy atom. The van der Waals surface area contributed by atoms with Gasteiger partial charge in [0.15, 0.2) is 0 Å². The summed E-state index contributed by atoms with van der Waals surface area (Å²) in [5, 5.41) is 9.63. The van der Waals surface area contributed by atoms with Crippen molar-refractivity contribution in [2.75, 3.05) is 18.5 Å². The molecule has 0 saturated heterocycles. The summed E-state index contributed by atoms with van der Waals surface area (Å²) in [6, 6.07) is 8.40. The molecule has 0 unspecified atom stereocenters. The number of pyridine rings is 1. The number of carboxylic acid groups (broad SMARTS) is 1. The molecule has 1 atom stereocenters. The molecular weight excluding hydrogens is 529 g/mol. The number of hydrogen-bond acceptors (Lipinski definition) is 5. The van der Waals surface area contributed by atoms with Gasteiger partial charge in [0.25, 0.3) is 0 Å². The maximum absolute atomic E-state index is 14.1. The predicted octanol–water partition coefficient (Wildman–Crippen LogP) is 6.27. The van der Waals surface area contributed by atoms with E-state index in [4.69, 9.17) is 11.6 Å². The van der Waals surface area contributed by atoms with Crippen LogP contribution in [-0.2, 0) is 10.0 Å². The summed E-state index contributed by atoms with van der Waals surface area (Å²) in [7, 11) is -2.34. The van der Waals surface area contributed by atoms with Gasteiger partial charge in [-0.05, 0) is 67.1 Å². The predicted molar refractivity (Wildman–Crippen MR) is 145 cm³/mol. The fourth-order valence-corrected chi connectivity index (χ4v) is 7.54. The number of halogens is 2. The van der Waals surface area contributed by atoms with E-state index < -0.39 is 27.4 Å². The van der Waals surface area contributed by atoms with Gasteiger partial charge < -0.3 is 10.0 Å². The van der Waals surface area contributed by atoms with Crippen LogP contribution in [0.4, 0.5) is 15.8 Å². The Labute approximate surface area is 226 Å². The molecule has 3 aromatic rings. The van der Waals surface area contributed by atoms with Crippen LogP contribution in [0.25, 0.3) is 11.1 Å². The molecule has 2 heterocycles. The monoisotopic (exact) mass is 557 g/mol. The van der Waals surface area contributed by atoms with Crippen LogP contribution < -0.4 is 4.90 Å². The van der Waals surface area contributed by atoms with Crippen LogP contribution in [0.15, 0.2) is 53.7 Å². The maximum atomic E-state index is 14.1. The second-order valence-corrected chi connectivity index (χ2v) is 12.5. The number of aromatic carboxylic acids is 1. The van der Waals surface area contributed by atoms with Crippen molar-refractivity contribution in [2.24, 2.45) is 5.92 Å². The van der Waals surface area contributed by atoms with E-state index in [1.807, 2.05) is 17.9 Å². The van der Waals surface area contributed by atoms with E-state index >= 15 is 0 Å². The summed E-state index contributed by atoms with van der Waals surface area (Å²) in [5.74, 6) is -2.09. The summed E-state index contributed by atoms with van der Waals surface area (Å²) in [4.78, 5) is 17.9. The zero-order valence-electron chi connectivity index (χ0n) is 21.2. The Bertz CT molecular complexity index is 1510. The van der Waals surface area contributed by atoms with Gasteiger partial charge in [-0.1, -0.05) is 36.9 Å². The van der Waals surface area contributed by atoms with Gasteiger partial charge in [-0.25, -0.2) is 17.6 Å². The van der Waals surface area contributed by atoms with Crippen molar-refractivity contribution >= 4 is 39.0 Å². The third-order valence-electron chi connectivity index (χ3n) is 7.71. The highest BCUT2D eigenvalue weighted by molar-refractivity contribution is 7.89. The lowest BCUT2D eigenvalue weighted by Gasteiger charge is -2.36. The van der Waals surface area contributed by atoms with Crippen molar-refractivity contribution in [3.8, 4) is 11.1 Å². The molecule has 0 spiro atoms. The second-order valence-electron chi connectivity index (χ2n) is 10.1. The second kappa shape index (κ2) is 10.3. The number of sulfonamides is 1. The van der Waals surface area contributed by atoms with Crippen LogP contribution in [-0.4, -0.2) is 48.4 Å². The molecule has 200 valence electrons. The Morgan fingerprint density at radius 3 is 2.53 bits per heavy atom. The molecular formula is C28H29ClFN3O4S. The summed E-state index contributed by atoms with van der Waals surface area (Å²) in [5.41, 5.74) is 2.23. The van der Waals surface area contributed by atoms with Crippen LogP contribution in [0.2, 0.25) is 5.02 Å². The zero-order valence-corrected chi connectivity index (χ0v) is 22.8. The van der Waals surface area contributed by atoms with Crippen molar-refractivity contribution < 1.29 is 22.7 Å². The van der Waals surface area contributed by atoms with Crippen molar-refractivity contribution in [2.45, 2.75) is 50.0 Å². The minimum absolute atomic E-state index is 0.0559. The van der Waals surface area contributed by atoms with Gasteiger partial charge in [-0.3, -0.25) is 4.98 Å². The topological polar surface area (TPSA) is 90.8 Å². The molecule has 1 aromatic heterocycles. The van der Waals surface area contributed by atoms with Crippen molar-refractivity contribution in [1.82, 2.24) is 9.29 Å². The molecule has 5 rings (SSSR count). The summed E-state index contributed by atoms with van der Waals surface area (Å²) < 4.78 is 43.8. The number of carbonyl (C=O) groups is 1. The number of hydrogen-bond donors (Lipinski definition) is 1. The number of aryl methyl sites for hydroxylation is 1. The number of anilines is 2. The summed E-state index contributed by atoms with van der Waals surface area (Å²) >= 11 is 6.73. The smallest absolute Gasteiger partial charge is 0.338 e. The zero-order chi connectivity index (χ0) is 27.2. The molecule has 7 nitrogen and oxygen atoms in total. The molecule has 2 aliphatic rings. The van der Waals surface area contributed by atoms with E-state index in [2.05, 4.69) is 4.98 Å². The first-order valence-corrected chi connectivity index (χ1v) is 14.4. The van der Waals surface area contributed by atoms with Crippen LogP contribution in [0.5, 0.6) is 0 Å². The lowest BCUT2D eigenvalue weighted by Crippen LogP contribution is -2.46. The SMILES string of the molecule is Cc1cncc(N2C[C@@H](C3CCCCC3)N(C)S(=O)(=O)c3cc(-c4ccc(F)c(C(=O)O)c4)c(Cl)cc32)c1. The quantitative estimate of drug-likeness (QED) is 0.406. The number of likely N-dealkylation sites (N-methyl/N-ethyl adjacent to an activating group) is 1. The minimum atomic E-state index is -3.97. The fourth-order valence-electron chi connectivity index (χ4n) is 5.67. The highest BCUT2D eigenvalue weighted by atomic mass is 35.5. The van der Waals surface area contributed by atoms with Gasteiger partial charge >= 0.3 is 5.97 Å². The molecule has 1 fully saturated rings. The van der Waals surface area contributed by atoms with Gasteiger partial charge in [-0.2, -0.15) is 4.31 Å². The van der Waals surface area contributed by atoms with E-state index in [-0.39, 0.29) is 21.9 Å². The van der Waals surface area contributed by atoms with E-state index in [9.17, 15) is 22.7 Å². The number of carboxylic acids is 1. The third kappa shape index (κ3) is 4.79. The number of aromatic nitrogens is 1. The number of benzene rings is 2. The Kier molecular flexibility index (Phi) is 7.19. The van der Waals surface area contributed by atoms with Crippen LogP contribution >= 0.6 is 11.6 Å². The van der Waals surface area contributed by atoms with Gasteiger partial charge in [0, 0.05) is 31.4 Å². The van der Waals surface area contributed by atoms with Crippen LogP contribution in [0, 0.1) is 18.7 Å². The molecule has 0 radical (unpaired) electrons. The fraction of sp³-hybridized carbons (Fsp3) is 0.357.